The van der Waals surface area contributed by atoms with Crippen molar-refractivity contribution in [1.29, 1.82) is 0 Å². The van der Waals surface area contributed by atoms with Crippen LogP contribution in [-0.4, -0.2) is 60.0 Å². The molecule has 46 heavy (non-hydrogen) atoms. The second-order valence-corrected chi connectivity index (χ2v) is 13.4. The number of aromatic nitrogens is 2. The van der Waals surface area contributed by atoms with E-state index in [9.17, 15) is 18.0 Å². The summed E-state index contributed by atoms with van der Waals surface area (Å²) in [5.74, 6) is 0.242. The minimum Gasteiger partial charge on any atom is -0.493 e. The number of rotatable bonds is 12. The summed E-state index contributed by atoms with van der Waals surface area (Å²) in [6.45, 7) is 7.69. The molecule has 5 rings (SSSR count). The molecule has 4 aromatic rings. The maximum atomic E-state index is 13.4. The van der Waals surface area contributed by atoms with E-state index < -0.39 is 21.8 Å². The summed E-state index contributed by atoms with van der Waals surface area (Å²) in [6.07, 6.45) is 5.68. The molecule has 11 heteroatoms. The number of carbonyl (C=O) groups excluding carboxylic acids is 2. The molecule has 0 spiro atoms. The molecule has 1 atom stereocenters. The van der Waals surface area contributed by atoms with Gasteiger partial charge in [0.1, 0.15) is 5.75 Å². The number of amides is 2. The zero-order valence-electron chi connectivity index (χ0n) is 26.4. The van der Waals surface area contributed by atoms with E-state index in [1.807, 2.05) is 54.5 Å². The molecule has 3 aromatic carbocycles. The molecule has 0 saturated heterocycles. The Morgan fingerprint density at radius 3 is 2.67 bits per heavy atom. The first-order valence-corrected chi connectivity index (χ1v) is 17.1. The summed E-state index contributed by atoms with van der Waals surface area (Å²) in [6, 6.07) is 19.1. The van der Waals surface area contributed by atoms with Crippen molar-refractivity contribution in [3.63, 3.8) is 0 Å². The van der Waals surface area contributed by atoms with E-state index in [1.54, 1.807) is 22.9 Å². The van der Waals surface area contributed by atoms with Crippen molar-refractivity contribution in [3.05, 3.63) is 101 Å². The molecule has 1 aliphatic heterocycles. The van der Waals surface area contributed by atoms with E-state index in [4.69, 9.17) is 9.29 Å². The number of aryl methyl sites for hydroxylation is 1. The Bertz CT molecular complexity index is 1830. The highest BCUT2D eigenvalue weighted by Gasteiger charge is 2.29. The van der Waals surface area contributed by atoms with E-state index in [2.05, 4.69) is 36.4 Å². The maximum absolute atomic E-state index is 13.4. The Hall–Kier alpha value is -4.48. The number of benzene rings is 3. The van der Waals surface area contributed by atoms with Gasteiger partial charge < -0.3 is 15.0 Å². The van der Waals surface area contributed by atoms with Crippen LogP contribution in [0.25, 0.3) is 11.1 Å². The van der Waals surface area contributed by atoms with Crippen LogP contribution in [-0.2, 0) is 21.5 Å². The van der Waals surface area contributed by atoms with Crippen molar-refractivity contribution in [2.75, 3.05) is 30.3 Å². The van der Waals surface area contributed by atoms with Gasteiger partial charge in [-0.2, -0.15) is 13.5 Å². The summed E-state index contributed by atoms with van der Waals surface area (Å²) in [5, 5.41) is 7.09. The molecule has 0 bridgehead atoms. The molecule has 0 saturated carbocycles. The van der Waals surface area contributed by atoms with Crippen LogP contribution >= 0.6 is 0 Å². The Morgan fingerprint density at radius 1 is 1.09 bits per heavy atom. The fourth-order valence-corrected chi connectivity index (χ4v) is 6.17. The zero-order chi connectivity index (χ0) is 32.8. The van der Waals surface area contributed by atoms with E-state index >= 15 is 0 Å². The van der Waals surface area contributed by atoms with Crippen molar-refractivity contribution >= 4 is 27.6 Å². The number of anilines is 1. The Morgan fingerprint density at radius 2 is 1.87 bits per heavy atom. The number of hydrogen-bond donors (Lipinski definition) is 2. The molecule has 242 valence electrons. The molecule has 1 aromatic heterocycles. The van der Waals surface area contributed by atoms with Crippen LogP contribution in [0.5, 0.6) is 5.75 Å². The van der Waals surface area contributed by atoms with Crippen LogP contribution in [0.1, 0.15) is 64.7 Å². The van der Waals surface area contributed by atoms with Crippen molar-refractivity contribution in [1.82, 2.24) is 15.1 Å². The third-order valence-corrected chi connectivity index (χ3v) is 9.14. The molecule has 10 nitrogen and oxygen atoms in total. The highest BCUT2D eigenvalue weighted by Crippen LogP contribution is 2.41. The maximum Gasteiger partial charge on any atom is 0.266 e. The molecular formula is C35H40N4O6S. The zero-order valence-corrected chi connectivity index (χ0v) is 27.2. The summed E-state index contributed by atoms with van der Waals surface area (Å²) in [5.41, 5.74) is 7.59. The lowest BCUT2D eigenvalue weighted by Crippen LogP contribution is -2.36. The van der Waals surface area contributed by atoms with Gasteiger partial charge in [-0.15, -0.1) is 0 Å². The molecular weight excluding hydrogens is 604 g/mol. The average molecular weight is 645 g/mol. The standard InChI is InChI=1S/C35H40N4O6S/c1-24-8-4-13-32(26(24)3)45-18-7-14-33(40)39-17-15-25(2)34-30(11-6-12-31(34)39)29-21-37-38(23-29)22-27-9-5-10-28(20-27)35(41)36-16-19-46(42,43)44/h4-6,8-13,20-21,23,25H,7,14-19,22H2,1-3H3,(H,36,41)(H,42,43,44). The fourth-order valence-electron chi connectivity index (χ4n) is 5.81. The lowest BCUT2D eigenvalue weighted by Gasteiger charge is -2.34. The number of carbonyl (C=O) groups is 2. The number of ether oxygens (including phenoxy) is 1. The van der Waals surface area contributed by atoms with Crippen LogP contribution < -0.4 is 15.0 Å². The minimum atomic E-state index is -4.15. The van der Waals surface area contributed by atoms with E-state index in [0.29, 0.717) is 38.1 Å². The van der Waals surface area contributed by atoms with Gasteiger partial charge >= 0.3 is 0 Å². The van der Waals surface area contributed by atoms with Crippen LogP contribution in [0.4, 0.5) is 5.69 Å². The monoisotopic (exact) mass is 644 g/mol. The van der Waals surface area contributed by atoms with Crippen molar-refractivity contribution in [3.8, 4) is 16.9 Å². The van der Waals surface area contributed by atoms with Crippen molar-refractivity contribution < 1.29 is 27.3 Å². The SMILES string of the molecule is Cc1cccc(OCCCC(=O)N2CCC(C)c3c(-c4cnn(Cc5cccc(C(=O)NCCS(=O)(=O)O)c5)c4)cccc32)c1C. The lowest BCUT2D eigenvalue weighted by atomic mass is 9.85. The second-order valence-electron chi connectivity index (χ2n) is 11.8. The van der Waals surface area contributed by atoms with Crippen LogP contribution in [0.2, 0.25) is 0 Å². The first-order valence-electron chi connectivity index (χ1n) is 15.5. The minimum absolute atomic E-state index is 0.0902. The van der Waals surface area contributed by atoms with Crippen LogP contribution in [0.3, 0.4) is 0 Å². The topological polar surface area (TPSA) is 131 Å². The number of hydrogen-bond acceptors (Lipinski definition) is 6. The number of fused-ring (bicyclic) bond motifs is 1. The highest BCUT2D eigenvalue weighted by atomic mass is 32.2. The quantitative estimate of drug-likeness (QED) is 0.153. The van der Waals surface area contributed by atoms with Crippen LogP contribution in [0.15, 0.2) is 73.1 Å². The Kier molecular flexibility index (Phi) is 10.2. The summed E-state index contributed by atoms with van der Waals surface area (Å²) in [4.78, 5) is 27.8. The molecule has 0 fully saturated rings. The third-order valence-electron chi connectivity index (χ3n) is 8.42. The van der Waals surface area contributed by atoms with Gasteiger partial charge in [0.15, 0.2) is 0 Å². The molecule has 1 unspecified atom stereocenters. The number of nitrogens with one attached hydrogen (secondary N) is 1. The van der Waals surface area contributed by atoms with E-state index in [1.165, 1.54) is 5.56 Å². The first kappa shape index (κ1) is 32.9. The predicted octanol–water partition coefficient (Wildman–Crippen LogP) is 5.53. The summed E-state index contributed by atoms with van der Waals surface area (Å²) in [7, 11) is -4.15. The van der Waals surface area contributed by atoms with Gasteiger partial charge in [-0.3, -0.25) is 18.8 Å². The van der Waals surface area contributed by atoms with Gasteiger partial charge in [0.25, 0.3) is 16.0 Å². The predicted molar refractivity (Wildman–Crippen MR) is 178 cm³/mol. The molecule has 2 heterocycles. The Labute approximate surface area is 270 Å². The van der Waals surface area contributed by atoms with Crippen molar-refractivity contribution in [2.45, 2.75) is 52.5 Å². The molecule has 2 N–H and O–H groups in total. The molecule has 1 aliphatic rings. The van der Waals surface area contributed by atoms with Gasteiger partial charge in [-0.25, -0.2) is 0 Å². The third kappa shape index (κ3) is 8.02. The largest absolute Gasteiger partial charge is 0.493 e. The Balaban J connectivity index is 1.25. The first-order chi connectivity index (χ1) is 22.0. The summed E-state index contributed by atoms with van der Waals surface area (Å²) < 4.78 is 38.5. The van der Waals surface area contributed by atoms with E-state index in [-0.39, 0.29) is 18.4 Å². The molecule has 0 radical (unpaired) electrons. The van der Waals surface area contributed by atoms with Gasteiger partial charge in [0, 0.05) is 42.5 Å². The molecule has 2 amide bonds. The van der Waals surface area contributed by atoms with Gasteiger partial charge in [-0.1, -0.05) is 43.3 Å². The second kappa shape index (κ2) is 14.3. The van der Waals surface area contributed by atoms with Crippen LogP contribution in [0, 0.1) is 13.8 Å². The van der Waals surface area contributed by atoms with Gasteiger partial charge in [-0.05, 0) is 84.7 Å². The van der Waals surface area contributed by atoms with E-state index in [0.717, 1.165) is 45.7 Å². The normalized spacial score (nSPS) is 14.5. The van der Waals surface area contributed by atoms with Crippen molar-refractivity contribution in [2.24, 2.45) is 0 Å². The fraction of sp³-hybridized carbons (Fsp3) is 0.343. The smallest absolute Gasteiger partial charge is 0.266 e. The number of nitrogens with zero attached hydrogens (tertiary/aromatic N) is 3. The summed E-state index contributed by atoms with van der Waals surface area (Å²) >= 11 is 0. The average Bonchev–Trinajstić information content (AvgIpc) is 3.48. The highest BCUT2D eigenvalue weighted by molar-refractivity contribution is 7.85. The molecule has 0 aliphatic carbocycles. The van der Waals surface area contributed by atoms with Gasteiger partial charge in [0.2, 0.25) is 5.91 Å². The van der Waals surface area contributed by atoms with Gasteiger partial charge in [0.05, 0.1) is 25.1 Å². The lowest BCUT2D eigenvalue weighted by molar-refractivity contribution is -0.118.